The van der Waals surface area contributed by atoms with Gasteiger partial charge in [0.1, 0.15) is 0 Å². The SMILES string of the molecule is C[C@H]1C[C@@H]1C(=O)NCc1ccccc1CN1CCCC1. The molecule has 2 atom stereocenters. The quantitative estimate of drug-likeness (QED) is 0.893. The van der Waals surface area contributed by atoms with Crippen molar-refractivity contribution in [2.24, 2.45) is 11.8 Å². The monoisotopic (exact) mass is 272 g/mol. The third-order valence-corrected chi connectivity index (χ3v) is 4.61. The molecule has 20 heavy (non-hydrogen) atoms. The first-order valence-corrected chi connectivity index (χ1v) is 7.81. The van der Waals surface area contributed by atoms with Crippen LogP contribution >= 0.6 is 0 Å². The van der Waals surface area contributed by atoms with Gasteiger partial charge in [0.15, 0.2) is 0 Å². The van der Waals surface area contributed by atoms with Gasteiger partial charge in [0.2, 0.25) is 5.91 Å². The van der Waals surface area contributed by atoms with E-state index in [0.29, 0.717) is 12.5 Å². The molecule has 0 radical (unpaired) electrons. The van der Waals surface area contributed by atoms with Gasteiger partial charge in [-0.3, -0.25) is 9.69 Å². The van der Waals surface area contributed by atoms with Gasteiger partial charge in [-0.2, -0.15) is 0 Å². The second-order valence-corrected chi connectivity index (χ2v) is 6.29. The van der Waals surface area contributed by atoms with Gasteiger partial charge in [0, 0.05) is 19.0 Å². The highest BCUT2D eigenvalue weighted by atomic mass is 16.2. The van der Waals surface area contributed by atoms with E-state index in [1.807, 2.05) is 0 Å². The lowest BCUT2D eigenvalue weighted by Gasteiger charge is -2.17. The first-order chi connectivity index (χ1) is 9.74. The van der Waals surface area contributed by atoms with Gasteiger partial charge in [-0.05, 0) is 49.4 Å². The summed E-state index contributed by atoms with van der Waals surface area (Å²) >= 11 is 0. The molecular weight excluding hydrogens is 248 g/mol. The summed E-state index contributed by atoms with van der Waals surface area (Å²) in [5.41, 5.74) is 2.62. The van der Waals surface area contributed by atoms with Crippen LogP contribution in [0.25, 0.3) is 0 Å². The van der Waals surface area contributed by atoms with Gasteiger partial charge < -0.3 is 5.32 Å². The molecule has 0 unspecified atom stereocenters. The number of likely N-dealkylation sites (tertiary alicyclic amines) is 1. The minimum atomic E-state index is 0.230. The number of amides is 1. The molecule has 1 aromatic rings. The van der Waals surface area contributed by atoms with E-state index in [4.69, 9.17) is 0 Å². The lowest BCUT2D eigenvalue weighted by Crippen LogP contribution is -2.26. The van der Waals surface area contributed by atoms with Crippen LogP contribution in [0.15, 0.2) is 24.3 Å². The van der Waals surface area contributed by atoms with Crippen LogP contribution in [-0.2, 0) is 17.9 Å². The highest BCUT2D eigenvalue weighted by molar-refractivity contribution is 5.81. The van der Waals surface area contributed by atoms with Gasteiger partial charge in [0.05, 0.1) is 0 Å². The highest BCUT2D eigenvalue weighted by Gasteiger charge is 2.38. The summed E-state index contributed by atoms with van der Waals surface area (Å²) in [4.78, 5) is 14.4. The molecule has 1 aromatic carbocycles. The molecule has 2 aliphatic rings. The molecule has 1 aliphatic carbocycles. The summed E-state index contributed by atoms with van der Waals surface area (Å²) in [7, 11) is 0. The molecule has 3 heteroatoms. The first kappa shape index (κ1) is 13.6. The minimum absolute atomic E-state index is 0.230. The van der Waals surface area contributed by atoms with Gasteiger partial charge >= 0.3 is 0 Å². The lowest BCUT2D eigenvalue weighted by atomic mass is 10.1. The summed E-state index contributed by atoms with van der Waals surface area (Å²) in [6, 6.07) is 8.50. The van der Waals surface area contributed by atoms with Crippen LogP contribution < -0.4 is 5.32 Å². The summed E-state index contributed by atoms with van der Waals surface area (Å²) in [6.07, 6.45) is 3.69. The van der Waals surface area contributed by atoms with Crippen molar-refractivity contribution in [2.45, 2.75) is 39.3 Å². The maximum absolute atomic E-state index is 11.9. The Kier molecular flexibility index (Phi) is 4.06. The molecule has 1 aliphatic heterocycles. The fourth-order valence-electron chi connectivity index (χ4n) is 3.07. The Morgan fingerprint density at radius 2 is 1.90 bits per heavy atom. The normalized spacial score (nSPS) is 25.6. The molecular formula is C17H24N2O. The fraction of sp³-hybridized carbons (Fsp3) is 0.588. The largest absolute Gasteiger partial charge is 0.352 e. The predicted molar refractivity (Wildman–Crippen MR) is 80.1 cm³/mol. The molecule has 0 bridgehead atoms. The molecule has 1 amide bonds. The van der Waals surface area contributed by atoms with Crippen LogP contribution in [0.4, 0.5) is 0 Å². The van der Waals surface area contributed by atoms with E-state index in [1.54, 1.807) is 0 Å². The van der Waals surface area contributed by atoms with E-state index in [1.165, 1.54) is 37.1 Å². The van der Waals surface area contributed by atoms with Crippen molar-refractivity contribution < 1.29 is 4.79 Å². The molecule has 2 fully saturated rings. The second-order valence-electron chi connectivity index (χ2n) is 6.29. The van der Waals surface area contributed by atoms with Gasteiger partial charge in [-0.15, -0.1) is 0 Å². The number of rotatable bonds is 5. The van der Waals surface area contributed by atoms with E-state index in [-0.39, 0.29) is 11.8 Å². The zero-order chi connectivity index (χ0) is 13.9. The summed E-state index contributed by atoms with van der Waals surface area (Å²) in [5.74, 6) is 1.07. The van der Waals surface area contributed by atoms with Crippen LogP contribution in [0.1, 0.15) is 37.3 Å². The smallest absolute Gasteiger partial charge is 0.223 e. The third-order valence-electron chi connectivity index (χ3n) is 4.61. The topological polar surface area (TPSA) is 32.3 Å². The van der Waals surface area contributed by atoms with Crippen molar-refractivity contribution in [3.63, 3.8) is 0 Å². The number of nitrogens with zero attached hydrogens (tertiary/aromatic N) is 1. The third kappa shape index (κ3) is 3.21. The van der Waals surface area contributed by atoms with Crippen molar-refractivity contribution in [2.75, 3.05) is 13.1 Å². The van der Waals surface area contributed by atoms with Crippen molar-refractivity contribution in [3.05, 3.63) is 35.4 Å². The maximum atomic E-state index is 11.9. The number of carbonyl (C=O) groups is 1. The first-order valence-electron chi connectivity index (χ1n) is 7.81. The van der Waals surface area contributed by atoms with Crippen LogP contribution in [0.2, 0.25) is 0 Å². The molecule has 1 saturated carbocycles. The average molecular weight is 272 g/mol. The standard InChI is InChI=1S/C17H24N2O/c1-13-10-16(13)17(20)18-11-14-6-2-3-7-15(14)12-19-8-4-5-9-19/h2-3,6-7,13,16H,4-5,8-12H2,1H3,(H,18,20)/t13-,16-/m0/s1. The molecule has 0 spiro atoms. The minimum Gasteiger partial charge on any atom is -0.352 e. The number of nitrogens with one attached hydrogen (secondary N) is 1. The second kappa shape index (κ2) is 5.96. The van der Waals surface area contributed by atoms with E-state index >= 15 is 0 Å². The Bertz CT molecular complexity index is 480. The molecule has 0 aromatic heterocycles. The van der Waals surface area contributed by atoms with E-state index in [2.05, 4.69) is 41.4 Å². The van der Waals surface area contributed by atoms with Gasteiger partial charge in [-0.1, -0.05) is 31.2 Å². The van der Waals surface area contributed by atoms with Crippen LogP contribution in [0, 0.1) is 11.8 Å². The van der Waals surface area contributed by atoms with Crippen molar-refractivity contribution in [1.82, 2.24) is 10.2 Å². The van der Waals surface area contributed by atoms with Gasteiger partial charge in [0.25, 0.3) is 0 Å². The highest BCUT2D eigenvalue weighted by Crippen LogP contribution is 2.37. The summed E-state index contributed by atoms with van der Waals surface area (Å²) in [5, 5.41) is 3.10. The van der Waals surface area contributed by atoms with Crippen molar-refractivity contribution >= 4 is 5.91 Å². The zero-order valence-corrected chi connectivity index (χ0v) is 12.3. The average Bonchev–Trinajstić information content (AvgIpc) is 2.97. The van der Waals surface area contributed by atoms with Crippen LogP contribution in [-0.4, -0.2) is 23.9 Å². The number of hydrogen-bond acceptors (Lipinski definition) is 2. The Morgan fingerprint density at radius 3 is 2.55 bits per heavy atom. The molecule has 3 rings (SSSR count). The Hall–Kier alpha value is -1.35. The van der Waals surface area contributed by atoms with E-state index < -0.39 is 0 Å². The molecule has 1 heterocycles. The Morgan fingerprint density at radius 1 is 1.25 bits per heavy atom. The van der Waals surface area contributed by atoms with Crippen LogP contribution in [0.3, 0.4) is 0 Å². The Labute approximate surface area is 121 Å². The number of benzene rings is 1. The summed E-state index contributed by atoms with van der Waals surface area (Å²) in [6.45, 7) is 6.25. The fourth-order valence-corrected chi connectivity index (χ4v) is 3.07. The number of carbonyl (C=O) groups excluding carboxylic acids is 1. The van der Waals surface area contributed by atoms with Crippen LogP contribution in [0.5, 0.6) is 0 Å². The molecule has 108 valence electrons. The summed E-state index contributed by atoms with van der Waals surface area (Å²) < 4.78 is 0. The molecule has 1 N–H and O–H groups in total. The molecule has 3 nitrogen and oxygen atoms in total. The van der Waals surface area contributed by atoms with Crippen molar-refractivity contribution in [3.8, 4) is 0 Å². The van der Waals surface area contributed by atoms with Gasteiger partial charge in [-0.25, -0.2) is 0 Å². The predicted octanol–water partition coefficient (Wildman–Crippen LogP) is 2.55. The van der Waals surface area contributed by atoms with E-state index in [9.17, 15) is 4.79 Å². The maximum Gasteiger partial charge on any atom is 0.223 e. The van der Waals surface area contributed by atoms with E-state index in [0.717, 1.165) is 13.0 Å². The van der Waals surface area contributed by atoms with Crippen molar-refractivity contribution in [1.29, 1.82) is 0 Å². The molecule has 1 saturated heterocycles. The Balaban J connectivity index is 1.58. The zero-order valence-electron chi connectivity index (χ0n) is 12.3. The lowest BCUT2D eigenvalue weighted by molar-refractivity contribution is -0.122. The number of hydrogen-bond donors (Lipinski definition) is 1.